The van der Waals surface area contributed by atoms with Crippen molar-refractivity contribution in [3.8, 4) is 0 Å². The Morgan fingerprint density at radius 1 is 1.37 bits per heavy atom. The lowest BCUT2D eigenvalue weighted by Gasteiger charge is -2.31. The summed E-state index contributed by atoms with van der Waals surface area (Å²) in [6.07, 6.45) is 1.41. The molecule has 0 aromatic carbocycles. The fourth-order valence-electron chi connectivity index (χ4n) is 1.97. The van der Waals surface area contributed by atoms with Gasteiger partial charge < -0.3 is 5.32 Å². The molecule has 0 aliphatic carbocycles. The minimum atomic E-state index is -3.08. The number of sulfonamides is 1. The topological polar surface area (TPSA) is 66.5 Å². The van der Waals surface area contributed by atoms with Crippen LogP contribution in [-0.4, -0.2) is 54.5 Å². The van der Waals surface area contributed by atoms with E-state index in [0.717, 1.165) is 0 Å². The second-order valence-electron chi connectivity index (χ2n) is 5.00. The third kappa shape index (κ3) is 5.71. The highest BCUT2D eigenvalue weighted by atomic mass is 32.2. The van der Waals surface area contributed by atoms with E-state index in [4.69, 9.17) is 0 Å². The number of carbonyl (C=O) groups excluding carboxylic acids is 1. The maximum Gasteiger partial charge on any atom is 0.230 e. The van der Waals surface area contributed by atoms with Crippen LogP contribution in [-0.2, 0) is 14.8 Å². The van der Waals surface area contributed by atoms with Crippen molar-refractivity contribution < 1.29 is 13.2 Å². The number of amides is 1. The number of piperidine rings is 1. The molecule has 0 spiro atoms. The molecule has 7 heteroatoms. The van der Waals surface area contributed by atoms with E-state index in [1.54, 1.807) is 18.7 Å². The van der Waals surface area contributed by atoms with Gasteiger partial charge >= 0.3 is 0 Å². The molecule has 1 fully saturated rings. The van der Waals surface area contributed by atoms with Crippen LogP contribution in [0.4, 0.5) is 0 Å². The van der Waals surface area contributed by atoms with E-state index in [1.807, 2.05) is 0 Å². The van der Waals surface area contributed by atoms with Crippen molar-refractivity contribution in [1.29, 1.82) is 0 Å². The van der Waals surface area contributed by atoms with Gasteiger partial charge in [-0.25, -0.2) is 12.7 Å². The Morgan fingerprint density at radius 3 is 2.42 bits per heavy atom. The molecule has 1 heterocycles. The smallest absolute Gasteiger partial charge is 0.230 e. The summed E-state index contributed by atoms with van der Waals surface area (Å²) in [5.74, 6) is 0.677. The third-order valence-corrected chi connectivity index (χ3v) is 6.10. The summed E-state index contributed by atoms with van der Waals surface area (Å²) in [6.45, 7) is 6.81. The molecule has 112 valence electrons. The number of nitrogens with one attached hydrogen (secondary N) is 1. The van der Waals surface area contributed by atoms with Gasteiger partial charge in [-0.3, -0.25) is 4.79 Å². The standard InChI is InChI=1S/C12H24N2O3S2/c1-4-19(16,17)14-7-5-11(6-8-14)13-12(15)9-18-10(2)3/h10-11H,4-9H2,1-3H3,(H,13,15). The van der Waals surface area contributed by atoms with Crippen molar-refractivity contribution in [3.63, 3.8) is 0 Å². The largest absolute Gasteiger partial charge is 0.353 e. The molecule has 19 heavy (non-hydrogen) atoms. The molecule has 1 N–H and O–H groups in total. The van der Waals surface area contributed by atoms with E-state index >= 15 is 0 Å². The summed E-state index contributed by atoms with van der Waals surface area (Å²) in [7, 11) is -3.08. The van der Waals surface area contributed by atoms with E-state index in [2.05, 4.69) is 19.2 Å². The first kappa shape index (κ1) is 16.8. The quantitative estimate of drug-likeness (QED) is 0.797. The predicted molar refractivity (Wildman–Crippen MR) is 79.8 cm³/mol. The van der Waals surface area contributed by atoms with Gasteiger partial charge in [0.15, 0.2) is 0 Å². The predicted octanol–water partition coefficient (Wildman–Crippen LogP) is 1.06. The number of nitrogens with zero attached hydrogens (tertiary/aromatic N) is 1. The van der Waals surface area contributed by atoms with Crippen molar-refractivity contribution in [1.82, 2.24) is 9.62 Å². The highest BCUT2D eigenvalue weighted by Gasteiger charge is 2.27. The average molecular weight is 308 g/mol. The Labute approximate surface area is 120 Å². The molecular formula is C12H24N2O3S2. The van der Waals surface area contributed by atoms with Gasteiger partial charge in [0.05, 0.1) is 11.5 Å². The summed E-state index contributed by atoms with van der Waals surface area (Å²) in [6, 6.07) is 0.114. The van der Waals surface area contributed by atoms with E-state index in [-0.39, 0.29) is 17.7 Å². The number of carbonyl (C=O) groups is 1. The zero-order valence-corrected chi connectivity index (χ0v) is 13.5. The maximum atomic E-state index is 11.7. The minimum Gasteiger partial charge on any atom is -0.353 e. The van der Waals surface area contributed by atoms with E-state index < -0.39 is 10.0 Å². The summed E-state index contributed by atoms with van der Waals surface area (Å²) >= 11 is 1.62. The highest BCUT2D eigenvalue weighted by molar-refractivity contribution is 8.00. The molecule has 0 aromatic heterocycles. The number of hydrogen-bond donors (Lipinski definition) is 1. The van der Waals surface area contributed by atoms with Crippen LogP contribution in [0.1, 0.15) is 33.6 Å². The van der Waals surface area contributed by atoms with E-state index in [9.17, 15) is 13.2 Å². The fourth-order valence-corrected chi connectivity index (χ4v) is 3.67. The molecule has 0 bridgehead atoms. The molecule has 0 saturated carbocycles. The molecule has 0 aromatic rings. The van der Waals surface area contributed by atoms with Crippen molar-refractivity contribution >= 4 is 27.7 Å². The van der Waals surface area contributed by atoms with Gasteiger partial charge in [-0.05, 0) is 25.0 Å². The van der Waals surface area contributed by atoms with Crippen LogP contribution in [0.3, 0.4) is 0 Å². The Bertz CT molecular complexity index is 388. The summed E-state index contributed by atoms with van der Waals surface area (Å²) in [4.78, 5) is 11.7. The second-order valence-corrected chi connectivity index (χ2v) is 8.82. The van der Waals surface area contributed by atoms with Crippen molar-refractivity contribution in [2.45, 2.75) is 44.9 Å². The number of thioether (sulfide) groups is 1. The first-order valence-electron chi connectivity index (χ1n) is 6.74. The zero-order valence-electron chi connectivity index (χ0n) is 11.9. The summed E-state index contributed by atoms with van der Waals surface area (Å²) in [5.41, 5.74) is 0. The first-order chi connectivity index (χ1) is 8.85. The molecule has 0 unspecified atom stereocenters. The maximum absolute atomic E-state index is 11.7. The molecule has 1 saturated heterocycles. The van der Waals surface area contributed by atoms with E-state index in [0.29, 0.717) is 36.9 Å². The third-order valence-electron chi connectivity index (χ3n) is 3.12. The van der Waals surface area contributed by atoms with Gasteiger partial charge in [0.25, 0.3) is 0 Å². The van der Waals surface area contributed by atoms with Crippen molar-refractivity contribution in [2.75, 3.05) is 24.6 Å². The second kappa shape index (κ2) is 7.50. The monoisotopic (exact) mass is 308 g/mol. The lowest BCUT2D eigenvalue weighted by molar-refractivity contribution is -0.119. The summed E-state index contributed by atoms with van der Waals surface area (Å²) in [5, 5.41) is 3.43. The van der Waals surface area contributed by atoms with Crippen LogP contribution < -0.4 is 5.32 Å². The zero-order chi connectivity index (χ0) is 14.5. The van der Waals surface area contributed by atoms with Gasteiger partial charge in [-0.1, -0.05) is 13.8 Å². The van der Waals surface area contributed by atoms with Crippen LogP contribution >= 0.6 is 11.8 Å². The van der Waals surface area contributed by atoms with Crippen LogP contribution in [0.2, 0.25) is 0 Å². The van der Waals surface area contributed by atoms with Gasteiger partial charge in [0.1, 0.15) is 0 Å². The lowest BCUT2D eigenvalue weighted by Crippen LogP contribution is -2.47. The fraction of sp³-hybridized carbons (Fsp3) is 0.917. The molecule has 1 rings (SSSR count). The first-order valence-corrected chi connectivity index (χ1v) is 9.39. The highest BCUT2D eigenvalue weighted by Crippen LogP contribution is 2.15. The van der Waals surface area contributed by atoms with Gasteiger partial charge in [0, 0.05) is 19.1 Å². The van der Waals surface area contributed by atoms with Crippen molar-refractivity contribution in [2.24, 2.45) is 0 Å². The molecule has 0 atom stereocenters. The van der Waals surface area contributed by atoms with Gasteiger partial charge in [0.2, 0.25) is 15.9 Å². The molecule has 1 aliphatic rings. The number of rotatable bonds is 6. The van der Waals surface area contributed by atoms with Crippen LogP contribution in [0.25, 0.3) is 0 Å². The SMILES string of the molecule is CCS(=O)(=O)N1CCC(NC(=O)CSC(C)C)CC1. The Kier molecular flexibility index (Phi) is 6.62. The molecule has 1 aliphatic heterocycles. The van der Waals surface area contributed by atoms with Crippen LogP contribution in [0, 0.1) is 0 Å². The Hall–Kier alpha value is -0.270. The molecule has 0 radical (unpaired) electrons. The Balaban J connectivity index is 2.32. The minimum absolute atomic E-state index is 0.0514. The van der Waals surface area contributed by atoms with Crippen LogP contribution in [0.15, 0.2) is 0 Å². The normalized spacial score (nSPS) is 18.7. The average Bonchev–Trinajstić information content (AvgIpc) is 2.37. The lowest BCUT2D eigenvalue weighted by atomic mass is 10.1. The van der Waals surface area contributed by atoms with E-state index in [1.165, 1.54) is 4.31 Å². The van der Waals surface area contributed by atoms with Crippen molar-refractivity contribution in [3.05, 3.63) is 0 Å². The Morgan fingerprint density at radius 2 is 1.95 bits per heavy atom. The van der Waals surface area contributed by atoms with Gasteiger partial charge in [-0.2, -0.15) is 0 Å². The number of hydrogen-bond acceptors (Lipinski definition) is 4. The van der Waals surface area contributed by atoms with Gasteiger partial charge in [-0.15, -0.1) is 11.8 Å². The molecular weight excluding hydrogens is 284 g/mol. The molecule has 1 amide bonds. The molecule has 5 nitrogen and oxygen atoms in total. The summed E-state index contributed by atoms with van der Waals surface area (Å²) < 4.78 is 24.9. The van der Waals surface area contributed by atoms with Crippen LogP contribution in [0.5, 0.6) is 0 Å².